The van der Waals surface area contributed by atoms with Crippen LogP contribution in [0.4, 0.5) is 0 Å². The summed E-state index contributed by atoms with van der Waals surface area (Å²) in [6, 6.07) is 0. The fourth-order valence-electron chi connectivity index (χ4n) is 20.5. The highest BCUT2D eigenvalue weighted by Crippen LogP contribution is 2.67. The molecule has 12 bridgehead atoms. The number of fused-ring (bicyclic) bond motifs is 27. The Bertz CT molecular complexity index is 1710. The van der Waals surface area contributed by atoms with Gasteiger partial charge in [-0.15, -0.1) is 0 Å². The number of rotatable bonds is 0. The lowest BCUT2D eigenvalue weighted by Gasteiger charge is -2.40. The van der Waals surface area contributed by atoms with E-state index in [-0.39, 0.29) is 0 Å². The van der Waals surface area contributed by atoms with Gasteiger partial charge in [0.25, 0.3) is 0 Å². The van der Waals surface area contributed by atoms with Crippen LogP contribution in [-0.4, -0.2) is 28.9 Å². The molecular formula is C54H76O5. The lowest BCUT2D eigenvalue weighted by atomic mass is 9.64. The van der Waals surface area contributed by atoms with E-state index in [1.165, 1.54) is 141 Å². The standard InChI is InChI=1S/C14H20O.C12H16O.C11H16O.C10H14O.C7H10O/c15-14-7-10-6-13(14)12-5-9-3-1-2-8(9)4-11(10)12;13-10-5-8-4-9(10)12-7-2-1-6(3-7)11(8)12;12-11-6-7-5-10(11)9-4-2-1-3-8(7)9;11-10-5-6-4-9(10)8-3-1-2-7(6)8;8-7-4-5-1-2-6(7)3-5/h8-13H,1-7H2;6-9,11-12H,1-5H2;7-10H,1-6H2;6-9H,1-5H2;5-6H,1-4H2. The fourth-order valence-corrected chi connectivity index (χ4v) is 20.5. The van der Waals surface area contributed by atoms with Gasteiger partial charge < -0.3 is 0 Å². The SMILES string of the molecule is O=C1CC2CC1C1C3CCC(C3)C21.O=C1CC2CC1C1CC3CCCC3CC21.O=C1CC2CC1C1CCCC21.O=C1CC2CC1C1CCCCC21.O=C1CC2CCC1C2. The third kappa shape index (κ3) is 6.56. The zero-order valence-electron chi connectivity index (χ0n) is 36.3. The average molecular weight is 805 g/mol. The van der Waals surface area contributed by atoms with Crippen molar-refractivity contribution in [2.45, 2.75) is 173 Å². The van der Waals surface area contributed by atoms with Gasteiger partial charge in [0.2, 0.25) is 0 Å². The van der Waals surface area contributed by atoms with E-state index < -0.39 is 0 Å². The molecular weight excluding hydrogens is 729 g/mol. The molecule has 0 aromatic rings. The Kier molecular flexibility index (Phi) is 10.1. The maximum Gasteiger partial charge on any atom is 0.136 e. The van der Waals surface area contributed by atoms with Crippen molar-refractivity contribution in [3.63, 3.8) is 0 Å². The van der Waals surface area contributed by atoms with Gasteiger partial charge in [-0.05, 0) is 203 Å². The van der Waals surface area contributed by atoms with Crippen molar-refractivity contribution in [3.05, 3.63) is 0 Å². The third-order valence-corrected chi connectivity index (χ3v) is 22.7. The van der Waals surface area contributed by atoms with Gasteiger partial charge in [0.05, 0.1) is 0 Å². The van der Waals surface area contributed by atoms with Crippen molar-refractivity contribution in [2.75, 3.05) is 0 Å². The normalized spacial score (nSPS) is 54.5. The largest absolute Gasteiger partial charge is 0.299 e. The highest BCUT2D eigenvalue weighted by molar-refractivity contribution is 5.86. The molecule has 22 unspecified atom stereocenters. The molecule has 59 heavy (non-hydrogen) atoms. The van der Waals surface area contributed by atoms with Crippen molar-refractivity contribution in [3.8, 4) is 0 Å². The van der Waals surface area contributed by atoms with Crippen LogP contribution in [0.25, 0.3) is 0 Å². The molecule has 5 heteroatoms. The van der Waals surface area contributed by atoms with Gasteiger partial charge in [0.1, 0.15) is 28.9 Å². The quantitative estimate of drug-likeness (QED) is 0.228. The summed E-state index contributed by atoms with van der Waals surface area (Å²) in [5.41, 5.74) is 0. The monoisotopic (exact) mass is 805 g/mol. The summed E-state index contributed by atoms with van der Waals surface area (Å²) in [5, 5.41) is 0. The van der Waals surface area contributed by atoms with Crippen LogP contribution in [0.3, 0.4) is 0 Å². The molecule has 322 valence electrons. The van der Waals surface area contributed by atoms with Crippen LogP contribution < -0.4 is 0 Å². The molecule has 0 aliphatic heterocycles. The van der Waals surface area contributed by atoms with Crippen LogP contribution in [0.15, 0.2) is 0 Å². The van der Waals surface area contributed by atoms with Crippen LogP contribution >= 0.6 is 0 Å². The van der Waals surface area contributed by atoms with E-state index in [0.717, 1.165) is 133 Å². The summed E-state index contributed by atoms with van der Waals surface area (Å²) in [4.78, 5) is 57.1. The Morgan fingerprint density at radius 1 is 0.271 bits per heavy atom. The first-order valence-corrected chi connectivity index (χ1v) is 26.4. The van der Waals surface area contributed by atoms with E-state index in [0.29, 0.717) is 58.5 Å². The lowest BCUT2D eigenvalue weighted by Crippen LogP contribution is -2.36. The molecule has 0 amide bonds. The highest BCUT2D eigenvalue weighted by atomic mass is 16.1. The molecule has 5 nitrogen and oxygen atoms in total. The highest BCUT2D eigenvalue weighted by Gasteiger charge is 2.62. The van der Waals surface area contributed by atoms with E-state index in [1.807, 2.05) is 0 Å². The maximum atomic E-state index is 11.8. The van der Waals surface area contributed by atoms with E-state index in [9.17, 15) is 24.0 Å². The summed E-state index contributed by atoms with van der Waals surface area (Å²) < 4.78 is 0. The Morgan fingerprint density at radius 2 is 0.763 bits per heavy atom. The molecule has 16 saturated carbocycles. The second kappa shape index (κ2) is 15.3. The first kappa shape index (κ1) is 39.0. The van der Waals surface area contributed by atoms with Gasteiger partial charge >= 0.3 is 0 Å². The number of carbonyl (C=O) groups excluding carboxylic acids is 5. The summed E-state index contributed by atoms with van der Waals surface area (Å²) in [7, 11) is 0. The molecule has 16 rings (SSSR count). The molecule has 16 aliphatic rings. The smallest absolute Gasteiger partial charge is 0.136 e. The van der Waals surface area contributed by atoms with Crippen molar-refractivity contribution in [1.82, 2.24) is 0 Å². The minimum atomic E-state index is 0.500. The molecule has 0 saturated heterocycles. The van der Waals surface area contributed by atoms with E-state index in [2.05, 4.69) is 0 Å². The molecule has 0 N–H and O–H groups in total. The number of ketones is 5. The second-order valence-electron chi connectivity index (χ2n) is 24.7. The molecule has 0 aromatic heterocycles. The number of Topliss-reactive ketones (excluding diaryl/α,β-unsaturated/α-hetero) is 5. The zero-order valence-corrected chi connectivity index (χ0v) is 36.3. The molecule has 0 heterocycles. The number of hydrogen-bond acceptors (Lipinski definition) is 5. The van der Waals surface area contributed by atoms with E-state index in [1.54, 1.807) is 0 Å². The predicted octanol–water partition coefficient (Wildman–Crippen LogP) is 11.1. The second-order valence-corrected chi connectivity index (χ2v) is 24.7. The van der Waals surface area contributed by atoms with Gasteiger partial charge in [-0.3, -0.25) is 24.0 Å². The summed E-state index contributed by atoms with van der Waals surface area (Å²) in [6.07, 6.45) is 35.1. The van der Waals surface area contributed by atoms with Crippen molar-refractivity contribution >= 4 is 28.9 Å². The summed E-state index contributed by atoms with van der Waals surface area (Å²) in [6.45, 7) is 0. The van der Waals surface area contributed by atoms with E-state index >= 15 is 0 Å². The van der Waals surface area contributed by atoms with Crippen LogP contribution in [0.1, 0.15) is 173 Å². The van der Waals surface area contributed by atoms with E-state index in [4.69, 9.17) is 0 Å². The Balaban J connectivity index is 0.0000000809. The summed E-state index contributed by atoms with van der Waals surface area (Å²) in [5.74, 6) is 21.0. The van der Waals surface area contributed by atoms with Gasteiger partial charge in [-0.1, -0.05) is 38.5 Å². The maximum absolute atomic E-state index is 11.8. The van der Waals surface area contributed by atoms with Crippen molar-refractivity contribution < 1.29 is 24.0 Å². The van der Waals surface area contributed by atoms with Crippen LogP contribution in [0.5, 0.6) is 0 Å². The Labute approximate surface area is 355 Å². The van der Waals surface area contributed by atoms with Gasteiger partial charge in [-0.2, -0.15) is 0 Å². The van der Waals surface area contributed by atoms with Crippen LogP contribution in [0.2, 0.25) is 0 Å². The van der Waals surface area contributed by atoms with Gasteiger partial charge in [-0.25, -0.2) is 0 Å². The third-order valence-electron chi connectivity index (χ3n) is 22.7. The van der Waals surface area contributed by atoms with Gasteiger partial charge in [0, 0.05) is 61.7 Å². The molecule has 0 aromatic carbocycles. The first-order chi connectivity index (χ1) is 28.8. The van der Waals surface area contributed by atoms with Crippen LogP contribution in [0, 0.1) is 130 Å². The van der Waals surface area contributed by atoms with Crippen LogP contribution in [-0.2, 0) is 24.0 Å². The van der Waals surface area contributed by atoms with Gasteiger partial charge in [0.15, 0.2) is 0 Å². The average Bonchev–Trinajstić information content (AvgIpc) is 4.07. The minimum Gasteiger partial charge on any atom is -0.299 e. The van der Waals surface area contributed by atoms with Crippen molar-refractivity contribution in [1.29, 1.82) is 0 Å². The number of carbonyl (C=O) groups is 5. The fraction of sp³-hybridized carbons (Fsp3) is 0.907. The minimum absolute atomic E-state index is 0.500. The Morgan fingerprint density at radius 3 is 1.36 bits per heavy atom. The molecule has 0 spiro atoms. The lowest BCUT2D eigenvalue weighted by molar-refractivity contribution is -0.126. The Hall–Kier alpha value is -1.65. The molecule has 16 aliphatic carbocycles. The topological polar surface area (TPSA) is 85.3 Å². The zero-order chi connectivity index (χ0) is 39.7. The predicted molar refractivity (Wildman–Crippen MR) is 226 cm³/mol. The molecule has 16 fully saturated rings. The summed E-state index contributed by atoms with van der Waals surface area (Å²) >= 11 is 0. The first-order valence-electron chi connectivity index (χ1n) is 26.4. The molecule has 0 radical (unpaired) electrons. The number of hydrogen-bond donors (Lipinski definition) is 0. The molecule has 22 atom stereocenters. The van der Waals surface area contributed by atoms with Crippen molar-refractivity contribution in [2.24, 2.45) is 130 Å².